The first-order chi connectivity index (χ1) is 11.2. The van der Waals surface area contributed by atoms with Crippen molar-refractivity contribution < 1.29 is 13.9 Å². The van der Waals surface area contributed by atoms with Crippen molar-refractivity contribution in [3.63, 3.8) is 0 Å². The predicted molar refractivity (Wildman–Crippen MR) is 84.5 cm³/mol. The third-order valence-electron chi connectivity index (χ3n) is 3.53. The number of carbonyl (C=O) groups excluding carboxylic acids is 1. The summed E-state index contributed by atoms with van der Waals surface area (Å²) in [5, 5.41) is 5.45. The summed E-state index contributed by atoms with van der Waals surface area (Å²) in [4.78, 5) is 15.9. The van der Waals surface area contributed by atoms with Crippen molar-refractivity contribution in [1.29, 1.82) is 0 Å². The maximum Gasteiger partial charge on any atom is 0.373 e. The van der Waals surface area contributed by atoms with E-state index in [0.29, 0.717) is 16.4 Å². The monoisotopic (exact) mass is 327 g/mol. The van der Waals surface area contributed by atoms with Gasteiger partial charge in [0.1, 0.15) is 10.7 Å². The Bertz CT molecular complexity index is 1050. The number of furan rings is 1. The molecule has 0 radical (unpaired) electrons. The normalized spacial score (nSPS) is 11.2. The Morgan fingerprint density at radius 2 is 2.13 bits per heavy atom. The SMILES string of the molecule is COC(=O)c1cc2ccc(-c3cnc4ccc(Cl)nn34)cc2o1. The lowest BCUT2D eigenvalue weighted by molar-refractivity contribution is 0.0567. The second-order valence-corrected chi connectivity index (χ2v) is 5.31. The van der Waals surface area contributed by atoms with Crippen molar-refractivity contribution >= 4 is 34.2 Å². The van der Waals surface area contributed by atoms with Crippen LogP contribution in [0.25, 0.3) is 27.9 Å². The fourth-order valence-electron chi connectivity index (χ4n) is 2.44. The largest absolute Gasteiger partial charge is 0.463 e. The molecule has 0 amide bonds. The van der Waals surface area contributed by atoms with Gasteiger partial charge in [-0.2, -0.15) is 5.10 Å². The number of nitrogens with zero attached hydrogens (tertiary/aromatic N) is 3. The molecule has 7 heteroatoms. The summed E-state index contributed by atoms with van der Waals surface area (Å²) in [6.45, 7) is 0. The number of aromatic nitrogens is 3. The molecule has 0 saturated heterocycles. The summed E-state index contributed by atoms with van der Waals surface area (Å²) in [5.41, 5.74) is 2.91. The topological polar surface area (TPSA) is 69.6 Å². The van der Waals surface area contributed by atoms with E-state index < -0.39 is 5.97 Å². The molecule has 0 saturated carbocycles. The lowest BCUT2D eigenvalue weighted by atomic mass is 10.1. The molecule has 0 spiro atoms. The Labute approximate surface area is 135 Å². The number of imidazole rings is 1. The first-order valence-electron chi connectivity index (χ1n) is 6.78. The summed E-state index contributed by atoms with van der Waals surface area (Å²) in [7, 11) is 1.31. The molecule has 0 bridgehead atoms. The van der Waals surface area contributed by atoms with Gasteiger partial charge in [-0.1, -0.05) is 23.7 Å². The van der Waals surface area contributed by atoms with Gasteiger partial charge < -0.3 is 9.15 Å². The van der Waals surface area contributed by atoms with Gasteiger partial charge in [0.15, 0.2) is 5.65 Å². The summed E-state index contributed by atoms with van der Waals surface area (Å²) in [6, 6.07) is 10.7. The van der Waals surface area contributed by atoms with Crippen LogP contribution in [0.2, 0.25) is 5.15 Å². The van der Waals surface area contributed by atoms with E-state index in [-0.39, 0.29) is 5.76 Å². The molecule has 0 aliphatic rings. The molecule has 4 rings (SSSR count). The smallest absolute Gasteiger partial charge is 0.373 e. The Hall–Kier alpha value is -2.86. The first kappa shape index (κ1) is 13.8. The van der Waals surface area contributed by atoms with Crippen LogP contribution in [0.4, 0.5) is 0 Å². The number of methoxy groups -OCH3 is 1. The molecular weight excluding hydrogens is 318 g/mol. The van der Waals surface area contributed by atoms with E-state index in [1.807, 2.05) is 18.2 Å². The lowest BCUT2D eigenvalue weighted by Gasteiger charge is -2.01. The van der Waals surface area contributed by atoms with E-state index >= 15 is 0 Å². The van der Waals surface area contributed by atoms with Crippen molar-refractivity contribution in [1.82, 2.24) is 14.6 Å². The number of rotatable bonds is 2. The molecule has 0 atom stereocenters. The van der Waals surface area contributed by atoms with E-state index in [4.69, 9.17) is 16.0 Å². The van der Waals surface area contributed by atoms with E-state index in [1.165, 1.54) is 7.11 Å². The number of carbonyl (C=O) groups is 1. The molecule has 0 fully saturated rings. The van der Waals surface area contributed by atoms with Crippen LogP contribution in [0.15, 0.2) is 47.0 Å². The van der Waals surface area contributed by atoms with Crippen molar-refractivity contribution in [2.24, 2.45) is 0 Å². The standard InChI is InChI=1S/C16H10ClN3O3/c1-22-16(21)13-7-10-3-2-9(6-12(10)23-13)11-8-18-15-5-4-14(17)19-20(11)15/h2-8H,1H3. The highest BCUT2D eigenvalue weighted by atomic mass is 35.5. The first-order valence-corrected chi connectivity index (χ1v) is 7.16. The van der Waals surface area contributed by atoms with Crippen LogP contribution >= 0.6 is 11.6 Å². The van der Waals surface area contributed by atoms with Gasteiger partial charge in [0.25, 0.3) is 0 Å². The zero-order valence-electron chi connectivity index (χ0n) is 12.0. The van der Waals surface area contributed by atoms with Gasteiger partial charge in [0.05, 0.1) is 19.0 Å². The fourth-order valence-corrected chi connectivity index (χ4v) is 2.58. The highest BCUT2D eigenvalue weighted by Gasteiger charge is 2.14. The molecule has 114 valence electrons. The van der Waals surface area contributed by atoms with Crippen LogP contribution in [0, 0.1) is 0 Å². The van der Waals surface area contributed by atoms with E-state index in [9.17, 15) is 4.79 Å². The number of halogens is 1. The third-order valence-corrected chi connectivity index (χ3v) is 3.73. The van der Waals surface area contributed by atoms with E-state index in [0.717, 1.165) is 16.6 Å². The minimum atomic E-state index is -0.508. The second-order valence-electron chi connectivity index (χ2n) is 4.92. The van der Waals surface area contributed by atoms with Gasteiger partial charge in [-0.15, -0.1) is 0 Å². The highest BCUT2D eigenvalue weighted by molar-refractivity contribution is 6.29. The molecule has 6 nitrogen and oxygen atoms in total. The van der Waals surface area contributed by atoms with Crippen LogP contribution in [0.3, 0.4) is 0 Å². The highest BCUT2D eigenvalue weighted by Crippen LogP contribution is 2.27. The third kappa shape index (κ3) is 2.24. The molecule has 1 aromatic carbocycles. The van der Waals surface area contributed by atoms with E-state index in [1.54, 1.807) is 28.9 Å². The van der Waals surface area contributed by atoms with Crippen molar-refractivity contribution in [2.75, 3.05) is 7.11 Å². The van der Waals surface area contributed by atoms with Crippen molar-refractivity contribution in [2.45, 2.75) is 0 Å². The van der Waals surface area contributed by atoms with Crippen LogP contribution in [0.5, 0.6) is 0 Å². The Morgan fingerprint density at radius 3 is 2.96 bits per heavy atom. The average molecular weight is 328 g/mol. The zero-order valence-corrected chi connectivity index (χ0v) is 12.7. The van der Waals surface area contributed by atoms with Crippen LogP contribution in [0.1, 0.15) is 10.6 Å². The molecule has 4 aromatic rings. The number of benzene rings is 1. The van der Waals surface area contributed by atoms with Crippen LogP contribution in [-0.2, 0) is 4.74 Å². The average Bonchev–Trinajstić information content (AvgIpc) is 3.16. The number of ether oxygens (including phenoxy) is 1. The van der Waals surface area contributed by atoms with Gasteiger partial charge >= 0.3 is 5.97 Å². The fraction of sp³-hybridized carbons (Fsp3) is 0.0625. The maximum atomic E-state index is 11.6. The van der Waals surface area contributed by atoms with Gasteiger partial charge in [0, 0.05) is 10.9 Å². The minimum Gasteiger partial charge on any atom is -0.463 e. The number of fused-ring (bicyclic) bond motifs is 2. The quantitative estimate of drug-likeness (QED) is 0.526. The summed E-state index contributed by atoms with van der Waals surface area (Å²) >= 11 is 5.95. The molecule has 23 heavy (non-hydrogen) atoms. The molecule has 0 aliphatic carbocycles. The molecule has 0 N–H and O–H groups in total. The maximum absolute atomic E-state index is 11.6. The van der Waals surface area contributed by atoms with Gasteiger partial charge in [-0.25, -0.2) is 14.3 Å². The summed E-state index contributed by atoms with van der Waals surface area (Å²) in [5.74, 6) is -0.343. The Morgan fingerprint density at radius 1 is 1.26 bits per heavy atom. The molecule has 3 heterocycles. The number of esters is 1. The Kier molecular flexibility index (Phi) is 3.06. The van der Waals surface area contributed by atoms with Crippen LogP contribution < -0.4 is 0 Å². The minimum absolute atomic E-state index is 0.166. The second kappa shape index (κ2) is 5.10. The molecular formula is C16H10ClN3O3. The number of hydrogen-bond acceptors (Lipinski definition) is 5. The molecule has 0 unspecified atom stereocenters. The van der Waals surface area contributed by atoms with Crippen molar-refractivity contribution in [3.8, 4) is 11.3 Å². The molecule has 3 aromatic heterocycles. The number of hydrogen-bond donors (Lipinski definition) is 0. The molecule has 0 aliphatic heterocycles. The lowest BCUT2D eigenvalue weighted by Crippen LogP contribution is -1.97. The van der Waals surface area contributed by atoms with Crippen LogP contribution in [-0.4, -0.2) is 27.7 Å². The predicted octanol–water partition coefficient (Wildman–Crippen LogP) is 3.58. The zero-order chi connectivity index (χ0) is 16.0. The van der Waals surface area contributed by atoms with Gasteiger partial charge in [-0.3, -0.25) is 0 Å². The summed E-state index contributed by atoms with van der Waals surface area (Å²) in [6.07, 6.45) is 1.71. The van der Waals surface area contributed by atoms with Crippen molar-refractivity contribution in [3.05, 3.63) is 53.5 Å². The Balaban J connectivity index is 1.87. The summed E-state index contributed by atoms with van der Waals surface area (Å²) < 4.78 is 11.9. The van der Waals surface area contributed by atoms with Gasteiger partial charge in [0.2, 0.25) is 5.76 Å². The van der Waals surface area contributed by atoms with Gasteiger partial charge in [-0.05, 0) is 24.3 Å². The van der Waals surface area contributed by atoms with E-state index in [2.05, 4.69) is 14.8 Å².